The molecule has 8 heteroatoms. The van der Waals surface area contributed by atoms with Crippen LogP contribution >= 0.6 is 0 Å². The van der Waals surface area contributed by atoms with E-state index in [1.165, 1.54) is 23.1 Å². The molecule has 132 valence electrons. The molecule has 0 spiro atoms. The average Bonchev–Trinajstić information content (AvgIpc) is 2.60. The van der Waals surface area contributed by atoms with E-state index < -0.39 is 22.0 Å². The van der Waals surface area contributed by atoms with E-state index in [0.29, 0.717) is 25.8 Å². The van der Waals surface area contributed by atoms with Crippen molar-refractivity contribution in [2.45, 2.75) is 37.1 Å². The Morgan fingerprint density at radius 3 is 2.67 bits per heavy atom. The normalized spacial score (nSPS) is 19.0. The zero-order chi connectivity index (χ0) is 17.9. The van der Waals surface area contributed by atoms with E-state index >= 15 is 0 Å². The molecule has 1 heterocycles. The van der Waals surface area contributed by atoms with Crippen molar-refractivity contribution >= 4 is 21.9 Å². The molecule has 7 nitrogen and oxygen atoms in total. The van der Waals surface area contributed by atoms with Crippen LogP contribution in [0.3, 0.4) is 0 Å². The highest BCUT2D eigenvalue weighted by molar-refractivity contribution is 7.89. The number of aliphatic carboxylic acids is 1. The van der Waals surface area contributed by atoms with E-state index in [2.05, 4.69) is 0 Å². The molecule has 1 aliphatic rings. The predicted octanol–water partition coefficient (Wildman–Crippen LogP) is 1.41. The third kappa shape index (κ3) is 3.59. The van der Waals surface area contributed by atoms with Gasteiger partial charge in [-0.05, 0) is 44.4 Å². The highest BCUT2D eigenvalue weighted by atomic mass is 32.2. The van der Waals surface area contributed by atoms with Gasteiger partial charge >= 0.3 is 5.97 Å². The number of carboxylic acid groups (broad SMARTS) is 1. The number of nitrogens with zero attached hydrogens (tertiary/aromatic N) is 2. The molecular weight excluding hydrogens is 332 g/mol. The van der Waals surface area contributed by atoms with Crippen molar-refractivity contribution in [2.75, 3.05) is 20.1 Å². The van der Waals surface area contributed by atoms with E-state index in [4.69, 9.17) is 0 Å². The summed E-state index contributed by atoms with van der Waals surface area (Å²) in [7, 11) is -2.33. The van der Waals surface area contributed by atoms with E-state index in [-0.39, 0.29) is 22.9 Å². The van der Waals surface area contributed by atoms with E-state index in [0.717, 1.165) is 4.31 Å². The van der Waals surface area contributed by atoms with Crippen LogP contribution < -0.4 is 0 Å². The molecule has 1 aromatic rings. The van der Waals surface area contributed by atoms with Gasteiger partial charge < -0.3 is 10.0 Å². The second-order valence-corrected chi connectivity index (χ2v) is 7.70. The van der Waals surface area contributed by atoms with Crippen LogP contribution in [0.15, 0.2) is 29.2 Å². The molecule has 2 rings (SSSR count). The van der Waals surface area contributed by atoms with Crippen molar-refractivity contribution in [3.05, 3.63) is 29.8 Å². The second-order valence-electron chi connectivity index (χ2n) is 5.81. The lowest BCUT2D eigenvalue weighted by Gasteiger charge is -2.31. The average molecular weight is 354 g/mol. The molecule has 1 unspecified atom stereocenters. The maximum absolute atomic E-state index is 12.9. The summed E-state index contributed by atoms with van der Waals surface area (Å²) in [4.78, 5) is 25.0. The van der Waals surface area contributed by atoms with Gasteiger partial charge in [0.05, 0.1) is 4.90 Å². The molecule has 1 atom stereocenters. The fraction of sp³-hybridized carbons (Fsp3) is 0.500. The van der Waals surface area contributed by atoms with Gasteiger partial charge in [0.25, 0.3) is 5.91 Å². The van der Waals surface area contributed by atoms with Gasteiger partial charge in [0.1, 0.15) is 6.04 Å². The van der Waals surface area contributed by atoms with Crippen LogP contribution in [0.1, 0.15) is 36.5 Å². The smallest absolute Gasteiger partial charge is 0.322 e. The molecule has 24 heavy (non-hydrogen) atoms. The maximum atomic E-state index is 12.9. The van der Waals surface area contributed by atoms with Crippen LogP contribution in [0.2, 0.25) is 0 Å². The van der Waals surface area contributed by atoms with Crippen LogP contribution in [0, 0.1) is 0 Å². The van der Waals surface area contributed by atoms with Crippen LogP contribution in [-0.4, -0.2) is 60.8 Å². The van der Waals surface area contributed by atoms with Gasteiger partial charge in [0.15, 0.2) is 0 Å². The van der Waals surface area contributed by atoms with Crippen molar-refractivity contribution in [2.24, 2.45) is 0 Å². The highest BCUT2D eigenvalue weighted by Gasteiger charge is 2.37. The van der Waals surface area contributed by atoms with Crippen molar-refractivity contribution < 1.29 is 23.1 Å². The number of carboxylic acids is 1. The summed E-state index contributed by atoms with van der Waals surface area (Å²) in [5, 5.41) is 9.30. The number of sulfonamides is 1. The molecule has 1 aromatic carbocycles. The lowest BCUT2D eigenvalue weighted by Crippen LogP contribution is -2.47. The molecule has 0 aliphatic carbocycles. The number of carbonyl (C=O) groups excluding carboxylic acids is 1. The fourth-order valence-corrected chi connectivity index (χ4v) is 4.43. The summed E-state index contributed by atoms with van der Waals surface area (Å²) in [6.07, 6.45) is 1.61. The number of benzene rings is 1. The number of rotatable bonds is 5. The monoisotopic (exact) mass is 354 g/mol. The van der Waals surface area contributed by atoms with Gasteiger partial charge in [0.2, 0.25) is 10.0 Å². The Kier molecular flexibility index (Phi) is 5.61. The molecule has 1 amide bonds. The minimum Gasteiger partial charge on any atom is -0.480 e. The number of piperidine rings is 1. The molecule has 0 radical (unpaired) electrons. The molecule has 1 fully saturated rings. The Morgan fingerprint density at radius 2 is 2.04 bits per heavy atom. The van der Waals surface area contributed by atoms with Gasteiger partial charge in [-0.2, -0.15) is 4.31 Å². The molecule has 0 aromatic heterocycles. The van der Waals surface area contributed by atoms with E-state index in [1.807, 2.05) is 6.92 Å². The Hall–Kier alpha value is -1.93. The lowest BCUT2D eigenvalue weighted by atomic mass is 10.1. The van der Waals surface area contributed by atoms with E-state index in [9.17, 15) is 23.1 Å². The fourth-order valence-electron chi connectivity index (χ4n) is 2.73. The van der Waals surface area contributed by atoms with Crippen LogP contribution in [0.25, 0.3) is 0 Å². The molecule has 1 saturated heterocycles. The van der Waals surface area contributed by atoms with Crippen molar-refractivity contribution in [3.63, 3.8) is 0 Å². The Bertz CT molecular complexity index is 732. The first-order chi connectivity index (χ1) is 11.3. The molecular formula is C16H22N2O5S. The van der Waals surface area contributed by atoms with Crippen LogP contribution in [0.4, 0.5) is 0 Å². The Morgan fingerprint density at radius 1 is 1.33 bits per heavy atom. The number of hydrogen-bond donors (Lipinski definition) is 1. The number of carbonyl (C=O) groups is 2. The summed E-state index contributed by atoms with van der Waals surface area (Å²) in [5.41, 5.74) is 0.268. The van der Waals surface area contributed by atoms with Crippen LogP contribution in [-0.2, 0) is 14.8 Å². The summed E-state index contributed by atoms with van der Waals surface area (Å²) in [6.45, 7) is 2.50. The minimum absolute atomic E-state index is 0.0500. The predicted molar refractivity (Wildman–Crippen MR) is 88.2 cm³/mol. The lowest BCUT2D eigenvalue weighted by molar-refractivity contribution is -0.142. The molecule has 0 saturated carbocycles. The molecule has 0 bridgehead atoms. The van der Waals surface area contributed by atoms with Gasteiger partial charge in [-0.3, -0.25) is 9.59 Å². The van der Waals surface area contributed by atoms with E-state index in [1.54, 1.807) is 13.1 Å². The number of hydrogen-bond acceptors (Lipinski definition) is 4. The maximum Gasteiger partial charge on any atom is 0.322 e. The first-order valence-corrected chi connectivity index (χ1v) is 9.33. The summed E-state index contributed by atoms with van der Waals surface area (Å²) >= 11 is 0. The first-order valence-electron chi connectivity index (χ1n) is 7.89. The second kappa shape index (κ2) is 7.31. The standard InChI is InChI=1S/C16H22N2O5S/c1-3-17(2)15(19)12-7-6-8-13(11-12)24(22,23)18-10-5-4-9-14(18)16(20)21/h6-8,11,14H,3-5,9-10H2,1-2H3,(H,20,21). The van der Waals surface area contributed by atoms with Crippen molar-refractivity contribution in [1.29, 1.82) is 0 Å². The molecule has 1 N–H and O–H groups in total. The largest absolute Gasteiger partial charge is 0.480 e. The SMILES string of the molecule is CCN(C)C(=O)c1cccc(S(=O)(=O)N2CCCCC2C(=O)O)c1. The quantitative estimate of drug-likeness (QED) is 0.862. The number of amides is 1. The minimum atomic E-state index is -3.96. The zero-order valence-corrected chi connectivity index (χ0v) is 14.6. The molecule has 1 aliphatic heterocycles. The van der Waals surface area contributed by atoms with Gasteiger partial charge in [0, 0.05) is 25.7 Å². The zero-order valence-electron chi connectivity index (χ0n) is 13.8. The third-order valence-electron chi connectivity index (χ3n) is 4.25. The van der Waals surface area contributed by atoms with Crippen molar-refractivity contribution in [1.82, 2.24) is 9.21 Å². The topological polar surface area (TPSA) is 95.0 Å². The van der Waals surface area contributed by atoms with Gasteiger partial charge in [-0.1, -0.05) is 6.07 Å². The third-order valence-corrected chi connectivity index (χ3v) is 6.15. The van der Waals surface area contributed by atoms with Crippen molar-refractivity contribution in [3.8, 4) is 0 Å². The summed E-state index contributed by atoms with van der Waals surface area (Å²) < 4.78 is 26.7. The van der Waals surface area contributed by atoms with Gasteiger partial charge in [-0.25, -0.2) is 8.42 Å². The summed E-state index contributed by atoms with van der Waals surface area (Å²) in [5.74, 6) is -1.42. The highest BCUT2D eigenvalue weighted by Crippen LogP contribution is 2.26. The first kappa shape index (κ1) is 18.4. The Balaban J connectivity index is 2.39. The van der Waals surface area contributed by atoms with Crippen LogP contribution in [0.5, 0.6) is 0 Å². The van der Waals surface area contributed by atoms with Gasteiger partial charge in [-0.15, -0.1) is 0 Å². The Labute approximate surface area is 141 Å². The summed E-state index contributed by atoms with van der Waals surface area (Å²) in [6, 6.07) is 4.71.